The summed E-state index contributed by atoms with van der Waals surface area (Å²) in [5.41, 5.74) is -2.04. The third kappa shape index (κ3) is 9.40. The van der Waals surface area contributed by atoms with Gasteiger partial charge in [-0.05, 0) is 70.7 Å². The minimum Gasteiger partial charge on any atom is -0.384 e. The zero-order valence-electron chi connectivity index (χ0n) is 26.0. The van der Waals surface area contributed by atoms with Crippen molar-refractivity contribution in [2.75, 3.05) is 25.6 Å². The van der Waals surface area contributed by atoms with Crippen LogP contribution in [0.1, 0.15) is 75.0 Å². The first kappa shape index (κ1) is 36.7. The molecule has 1 fully saturated rings. The number of piperidine rings is 1. The molecule has 0 radical (unpaired) electrons. The van der Waals surface area contributed by atoms with Gasteiger partial charge in [0.05, 0.1) is 13.2 Å². The highest BCUT2D eigenvalue weighted by atomic mass is 19.4. The number of halogens is 6. The molecule has 3 rings (SSSR count). The highest BCUT2D eigenvalue weighted by Gasteiger charge is 2.49. The predicted octanol–water partition coefficient (Wildman–Crippen LogP) is 4.53. The zero-order valence-corrected chi connectivity index (χ0v) is 26.0. The minimum absolute atomic E-state index is 0.0102. The van der Waals surface area contributed by atoms with Gasteiger partial charge in [0.2, 0.25) is 5.91 Å². The van der Waals surface area contributed by atoms with Crippen LogP contribution in [0.25, 0.3) is 0 Å². The molecule has 3 amide bonds. The molecular formula is C29H38F6N6O5. The zero-order chi connectivity index (χ0) is 34.4. The number of hydrogen-bond acceptors (Lipinski definition) is 7. The first-order chi connectivity index (χ1) is 21.3. The molecule has 0 bridgehead atoms. The number of carbonyl (C=O) groups excluding carboxylic acids is 3. The van der Waals surface area contributed by atoms with E-state index in [0.29, 0.717) is 5.56 Å². The Morgan fingerprint density at radius 1 is 1.09 bits per heavy atom. The van der Waals surface area contributed by atoms with Crippen molar-refractivity contribution in [3.8, 4) is 0 Å². The van der Waals surface area contributed by atoms with Gasteiger partial charge < -0.3 is 25.4 Å². The molecule has 0 aliphatic carbocycles. The van der Waals surface area contributed by atoms with Crippen LogP contribution in [-0.4, -0.2) is 82.8 Å². The van der Waals surface area contributed by atoms with Gasteiger partial charge in [0.25, 0.3) is 11.8 Å². The molecule has 1 aliphatic heterocycles. The van der Waals surface area contributed by atoms with Gasteiger partial charge in [0.1, 0.15) is 23.6 Å². The van der Waals surface area contributed by atoms with Crippen LogP contribution in [0.15, 0.2) is 30.6 Å². The molecule has 2 aromatic heterocycles. The first-order valence-corrected chi connectivity index (χ1v) is 14.5. The van der Waals surface area contributed by atoms with E-state index in [1.54, 1.807) is 19.9 Å². The first-order valence-electron chi connectivity index (χ1n) is 14.5. The van der Waals surface area contributed by atoms with Crippen molar-refractivity contribution in [2.24, 2.45) is 5.92 Å². The lowest BCUT2D eigenvalue weighted by molar-refractivity contribution is -0.264. The Hall–Kier alpha value is -3.73. The monoisotopic (exact) mass is 664 g/mol. The largest absolute Gasteiger partial charge is 0.416 e. The van der Waals surface area contributed by atoms with Gasteiger partial charge in [-0.15, -0.1) is 0 Å². The van der Waals surface area contributed by atoms with Crippen LogP contribution in [0, 0.1) is 5.92 Å². The van der Waals surface area contributed by atoms with Crippen molar-refractivity contribution in [3.05, 3.63) is 41.9 Å². The van der Waals surface area contributed by atoms with E-state index >= 15 is 0 Å². The maximum absolute atomic E-state index is 13.5. The van der Waals surface area contributed by atoms with Crippen molar-refractivity contribution in [2.45, 2.75) is 89.0 Å². The Kier molecular flexibility index (Phi) is 11.8. The minimum atomic E-state index is -4.77. The van der Waals surface area contributed by atoms with Crippen molar-refractivity contribution in [3.63, 3.8) is 0 Å². The van der Waals surface area contributed by atoms with Crippen LogP contribution < -0.4 is 16.0 Å². The Balaban J connectivity index is 1.79. The van der Waals surface area contributed by atoms with E-state index in [0.717, 1.165) is 13.8 Å². The number of rotatable bonds is 13. The molecule has 2 aromatic rings. The SMILES string of the molecule is COC[C@@H](CC1CC[C@@H](C(F)(F)F)NC1=O)c1ccnc(NC(=O)[C@H](COC(C)(C)C(F)(F)F)NC(=O)c2ccnn2C(C)C)c1. The molecule has 0 saturated carbocycles. The van der Waals surface area contributed by atoms with Crippen LogP contribution in [-0.2, 0) is 19.1 Å². The second-order valence-electron chi connectivity index (χ2n) is 11.8. The van der Waals surface area contributed by atoms with E-state index in [1.807, 2.05) is 5.32 Å². The Morgan fingerprint density at radius 3 is 2.37 bits per heavy atom. The van der Waals surface area contributed by atoms with E-state index in [-0.39, 0.29) is 43.4 Å². The summed E-state index contributed by atoms with van der Waals surface area (Å²) in [5, 5.41) is 11.0. The summed E-state index contributed by atoms with van der Waals surface area (Å²) >= 11 is 0. The average molecular weight is 665 g/mol. The maximum atomic E-state index is 13.5. The molecule has 1 aliphatic rings. The molecule has 17 heteroatoms. The normalized spacial score (nSPS) is 19.0. The number of carbonyl (C=O) groups is 3. The smallest absolute Gasteiger partial charge is 0.384 e. The summed E-state index contributed by atoms with van der Waals surface area (Å²) in [6.07, 6.45) is -6.73. The summed E-state index contributed by atoms with van der Waals surface area (Å²) in [5.74, 6) is -3.67. The van der Waals surface area contributed by atoms with E-state index in [1.165, 1.54) is 36.3 Å². The van der Waals surface area contributed by atoms with Crippen LogP contribution in [0.3, 0.4) is 0 Å². The van der Waals surface area contributed by atoms with E-state index in [9.17, 15) is 40.7 Å². The summed E-state index contributed by atoms with van der Waals surface area (Å²) in [6, 6.07) is 0.679. The summed E-state index contributed by atoms with van der Waals surface area (Å²) in [6.45, 7) is 4.34. The van der Waals surface area contributed by atoms with Gasteiger partial charge in [-0.3, -0.25) is 19.1 Å². The van der Waals surface area contributed by atoms with E-state index < -0.39 is 66.2 Å². The number of pyridine rings is 1. The topological polar surface area (TPSA) is 136 Å². The fourth-order valence-electron chi connectivity index (χ4n) is 4.85. The van der Waals surface area contributed by atoms with Crippen LogP contribution in [0.5, 0.6) is 0 Å². The Bertz CT molecular complexity index is 1360. The van der Waals surface area contributed by atoms with Gasteiger partial charge in [-0.1, -0.05) is 0 Å². The van der Waals surface area contributed by atoms with Crippen LogP contribution in [0.4, 0.5) is 32.2 Å². The van der Waals surface area contributed by atoms with Crippen molar-refractivity contribution >= 4 is 23.5 Å². The fraction of sp³-hybridized carbons (Fsp3) is 0.621. The lowest BCUT2D eigenvalue weighted by atomic mass is 9.83. The number of nitrogens with one attached hydrogen (secondary N) is 3. The number of methoxy groups -OCH3 is 1. The quantitative estimate of drug-likeness (QED) is 0.268. The summed E-state index contributed by atoms with van der Waals surface area (Å²) < 4.78 is 91.4. The fourth-order valence-corrected chi connectivity index (χ4v) is 4.85. The maximum Gasteiger partial charge on any atom is 0.416 e. The number of anilines is 1. The Morgan fingerprint density at radius 2 is 1.78 bits per heavy atom. The molecule has 3 heterocycles. The van der Waals surface area contributed by atoms with Gasteiger partial charge in [0.15, 0.2) is 5.60 Å². The summed E-state index contributed by atoms with van der Waals surface area (Å²) in [4.78, 5) is 43.0. The number of alkyl halides is 6. The third-order valence-corrected chi connectivity index (χ3v) is 7.64. The van der Waals surface area contributed by atoms with Gasteiger partial charge in [-0.2, -0.15) is 31.4 Å². The second-order valence-corrected chi connectivity index (χ2v) is 11.8. The molecule has 1 saturated heterocycles. The number of ether oxygens (including phenoxy) is 2. The predicted molar refractivity (Wildman–Crippen MR) is 153 cm³/mol. The van der Waals surface area contributed by atoms with Crippen LogP contribution >= 0.6 is 0 Å². The molecule has 46 heavy (non-hydrogen) atoms. The molecule has 256 valence electrons. The van der Waals surface area contributed by atoms with E-state index in [4.69, 9.17) is 9.47 Å². The van der Waals surface area contributed by atoms with Crippen molar-refractivity contribution < 1.29 is 50.2 Å². The number of amides is 3. The number of hydrogen-bond donors (Lipinski definition) is 3. The standard InChI is InChI=1S/C29H38F6N6O5/c1-16(2)41-21(9-11-37-41)26(44)38-20(15-46-27(3,4)29(33,34)35)25(43)40-23-13-17(8-10-36-23)19(14-45-5)12-18-6-7-22(28(30,31)32)39-24(18)42/h8-11,13,16,18-20,22H,6-7,12,14-15H2,1-5H3,(H,38,44)(H,39,42)(H,36,40,43)/t18?,19-,20+,22+/m1/s1. The highest BCUT2D eigenvalue weighted by Crippen LogP contribution is 2.35. The average Bonchev–Trinajstić information content (AvgIpc) is 3.45. The van der Waals surface area contributed by atoms with Crippen molar-refractivity contribution in [1.29, 1.82) is 0 Å². The second kappa shape index (κ2) is 14.8. The van der Waals surface area contributed by atoms with Gasteiger partial charge in [-0.25, -0.2) is 4.98 Å². The lowest BCUT2D eigenvalue weighted by Crippen LogP contribution is -2.51. The number of nitrogens with zero attached hydrogens (tertiary/aromatic N) is 3. The molecule has 11 nitrogen and oxygen atoms in total. The highest BCUT2D eigenvalue weighted by molar-refractivity contribution is 6.00. The molecule has 1 unspecified atom stereocenters. The van der Waals surface area contributed by atoms with Crippen LogP contribution in [0.2, 0.25) is 0 Å². The molecule has 0 aromatic carbocycles. The lowest BCUT2D eigenvalue weighted by Gasteiger charge is -2.32. The molecule has 4 atom stereocenters. The Labute approximate surface area is 261 Å². The number of aromatic nitrogens is 3. The van der Waals surface area contributed by atoms with Gasteiger partial charge in [0, 0.05) is 37.4 Å². The molecule has 0 spiro atoms. The molecular weight excluding hydrogens is 626 g/mol. The van der Waals surface area contributed by atoms with Crippen molar-refractivity contribution in [1.82, 2.24) is 25.4 Å². The third-order valence-electron chi connectivity index (χ3n) is 7.64. The van der Waals surface area contributed by atoms with E-state index in [2.05, 4.69) is 20.7 Å². The molecule has 3 N–H and O–H groups in total. The summed E-state index contributed by atoms with van der Waals surface area (Å²) in [7, 11) is 1.42. The van der Waals surface area contributed by atoms with Gasteiger partial charge >= 0.3 is 12.4 Å².